The van der Waals surface area contributed by atoms with Crippen LogP contribution in [0.15, 0.2) is 30.3 Å². The third kappa shape index (κ3) is 2.66. The van der Waals surface area contributed by atoms with Gasteiger partial charge in [-0.05, 0) is 24.3 Å². The minimum atomic E-state index is -1.02. The number of hydrogen-bond acceptors (Lipinski definition) is 5. The van der Waals surface area contributed by atoms with E-state index in [4.69, 9.17) is 5.41 Å². The third-order valence-electron chi connectivity index (χ3n) is 3.46. The fourth-order valence-electron chi connectivity index (χ4n) is 2.22. The Bertz CT molecular complexity index is 964. The molecule has 0 amide bonds. The van der Waals surface area contributed by atoms with Crippen molar-refractivity contribution in [2.24, 2.45) is 0 Å². The highest BCUT2D eigenvalue weighted by Crippen LogP contribution is 2.15. The minimum Gasteiger partial charge on any atom is -0.295 e. The maximum absolute atomic E-state index is 13.7. The number of ketones is 1. The number of fused-ring (bicyclic) bond motifs is 1. The molecule has 3 aromatic rings. The standard InChI is InChI=1S/C16H13F2N5O/c1-8(2)16-21-20-13-6-5-12(22-23(13)16)14(19)15(24)10-4-3-9(17)7-11(10)18/h3-8,19H,1-2H3. The van der Waals surface area contributed by atoms with Crippen LogP contribution in [0.2, 0.25) is 0 Å². The molecule has 0 saturated heterocycles. The largest absolute Gasteiger partial charge is 0.295 e. The zero-order valence-corrected chi connectivity index (χ0v) is 12.9. The maximum atomic E-state index is 13.7. The van der Waals surface area contributed by atoms with Crippen molar-refractivity contribution in [3.8, 4) is 0 Å². The van der Waals surface area contributed by atoms with E-state index < -0.39 is 23.1 Å². The number of Topliss-reactive ketones (excluding diaryl/α,β-unsaturated/α-hetero) is 1. The molecule has 1 N–H and O–H groups in total. The summed E-state index contributed by atoms with van der Waals surface area (Å²) < 4.78 is 28.2. The first kappa shape index (κ1) is 15.9. The molecule has 0 spiro atoms. The van der Waals surface area contributed by atoms with Crippen molar-refractivity contribution in [3.05, 3.63) is 59.0 Å². The summed E-state index contributed by atoms with van der Waals surface area (Å²) in [6.45, 7) is 3.82. The molecule has 2 heterocycles. The number of benzene rings is 1. The third-order valence-corrected chi connectivity index (χ3v) is 3.46. The number of carbonyl (C=O) groups is 1. The Labute approximate surface area is 135 Å². The molecule has 0 radical (unpaired) electrons. The molecule has 0 fully saturated rings. The molecule has 24 heavy (non-hydrogen) atoms. The Hall–Kier alpha value is -3.03. The lowest BCUT2D eigenvalue weighted by molar-refractivity contribution is 0.106. The zero-order chi connectivity index (χ0) is 17.4. The molecule has 0 aliphatic rings. The topological polar surface area (TPSA) is 84.0 Å². The van der Waals surface area contributed by atoms with Crippen LogP contribution < -0.4 is 0 Å². The molecular weight excluding hydrogens is 316 g/mol. The molecule has 0 saturated carbocycles. The van der Waals surface area contributed by atoms with Gasteiger partial charge in [-0.15, -0.1) is 10.2 Å². The van der Waals surface area contributed by atoms with Gasteiger partial charge < -0.3 is 0 Å². The number of hydrogen-bond donors (Lipinski definition) is 1. The fraction of sp³-hybridized carbons (Fsp3) is 0.188. The van der Waals surface area contributed by atoms with E-state index in [1.165, 1.54) is 10.6 Å². The van der Waals surface area contributed by atoms with E-state index in [9.17, 15) is 13.6 Å². The summed E-state index contributed by atoms with van der Waals surface area (Å²) in [6, 6.07) is 5.60. The lowest BCUT2D eigenvalue weighted by Crippen LogP contribution is -2.19. The summed E-state index contributed by atoms with van der Waals surface area (Å²) >= 11 is 0. The van der Waals surface area contributed by atoms with Crippen molar-refractivity contribution >= 4 is 17.1 Å². The number of nitrogens with one attached hydrogen (secondary N) is 1. The summed E-state index contributed by atoms with van der Waals surface area (Å²) in [5.74, 6) is -2.06. The van der Waals surface area contributed by atoms with Gasteiger partial charge in [0, 0.05) is 12.0 Å². The normalized spacial score (nSPS) is 11.2. The predicted octanol–water partition coefficient (Wildman–Crippen LogP) is 2.78. The van der Waals surface area contributed by atoms with Gasteiger partial charge in [0.25, 0.3) is 0 Å². The molecular formula is C16H13F2N5O. The maximum Gasteiger partial charge on any atom is 0.215 e. The molecule has 0 aliphatic heterocycles. The Morgan fingerprint density at radius 2 is 1.92 bits per heavy atom. The molecule has 8 heteroatoms. The van der Waals surface area contributed by atoms with Crippen molar-refractivity contribution < 1.29 is 13.6 Å². The van der Waals surface area contributed by atoms with E-state index >= 15 is 0 Å². The smallest absolute Gasteiger partial charge is 0.215 e. The van der Waals surface area contributed by atoms with E-state index in [0.717, 1.165) is 12.1 Å². The van der Waals surface area contributed by atoms with Gasteiger partial charge in [-0.25, -0.2) is 8.78 Å². The molecule has 0 atom stereocenters. The van der Waals surface area contributed by atoms with Gasteiger partial charge in [-0.3, -0.25) is 10.2 Å². The summed E-state index contributed by atoms with van der Waals surface area (Å²) in [7, 11) is 0. The van der Waals surface area contributed by atoms with Gasteiger partial charge in [0.15, 0.2) is 11.5 Å². The number of nitrogens with zero attached hydrogens (tertiary/aromatic N) is 4. The Balaban J connectivity index is 2.01. The number of carbonyl (C=O) groups excluding carboxylic acids is 1. The van der Waals surface area contributed by atoms with E-state index in [2.05, 4.69) is 15.3 Å². The Morgan fingerprint density at radius 1 is 1.17 bits per heavy atom. The molecule has 2 aromatic heterocycles. The van der Waals surface area contributed by atoms with Crippen LogP contribution in [0.25, 0.3) is 5.65 Å². The van der Waals surface area contributed by atoms with Gasteiger partial charge in [0.05, 0.1) is 5.56 Å². The molecule has 0 aliphatic carbocycles. The lowest BCUT2D eigenvalue weighted by atomic mass is 10.0. The van der Waals surface area contributed by atoms with Crippen molar-refractivity contribution in [1.29, 1.82) is 5.41 Å². The van der Waals surface area contributed by atoms with E-state index in [-0.39, 0.29) is 17.2 Å². The Morgan fingerprint density at radius 3 is 2.58 bits per heavy atom. The first-order chi connectivity index (χ1) is 11.4. The van der Waals surface area contributed by atoms with Crippen molar-refractivity contribution in [2.75, 3.05) is 0 Å². The highest BCUT2D eigenvalue weighted by Gasteiger charge is 2.21. The minimum absolute atomic E-state index is 0.0437. The summed E-state index contributed by atoms with van der Waals surface area (Å²) in [5, 5.41) is 20.2. The first-order valence-electron chi connectivity index (χ1n) is 7.19. The van der Waals surface area contributed by atoms with Crippen LogP contribution in [-0.2, 0) is 0 Å². The first-order valence-corrected chi connectivity index (χ1v) is 7.19. The highest BCUT2D eigenvalue weighted by atomic mass is 19.1. The van der Waals surface area contributed by atoms with Crippen LogP contribution in [0.3, 0.4) is 0 Å². The average Bonchev–Trinajstić information content (AvgIpc) is 2.96. The molecule has 122 valence electrons. The molecule has 0 bridgehead atoms. The zero-order valence-electron chi connectivity index (χ0n) is 12.9. The highest BCUT2D eigenvalue weighted by molar-refractivity contribution is 6.49. The molecule has 3 rings (SSSR count). The predicted molar refractivity (Wildman–Crippen MR) is 82.4 cm³/mol. The van der Waals surface area contributed by atoms with E-state index in [1.807, 2.05) is 13.8 Å². The molecule has 6 nitrogen and oxygen atoms in total. The SMILES string of the molecule is CC(C)c1nnc2ccc(C(=N)C(=O)c3ccc(F)cc3F)nn12. The van der Waals surface area contributed by atoms with Crippen LogP contribution in [-0.4, -0.2) is 31.3 Å². The van der Waals surface area contributed by atoms with E-state index in [0.29, 0.717) is 17.5 Å². The fourth-order valence-corrected chi connectivity index (χ4v) is 2.22. The monoisotopic (exact) mass is 329 g/mol. The number of halogens is 2. The molecule has 1 aromatic carbocycles. The summed E-state index contributed by atoms with van der Waals surface area (Å²) in [5.41, 5.74) is -0.337. The van der Waals surface area contributed by atoms with Gasteiger partial charge in [-0.1, -0.05) is 13.8 Å². The van der Waals surface area contributed by atoms with Crippen LogP contribution in [0.1, 0.15) is 41.6 Å². The quantitative estimate of drug-likeness (QED) is 0.589. The van der Waals surface area contributed by atoms with Gasteiger partial charge in [0.2, 0.25) is 5.78 Å². The van der Waals surface area contributed by atoms with Crippen LogP contribution >= 0.6 is 0 Å². The second-order valence-corrected chi connectivity index (χ2v) is 5.53. The average molecular weight is 329 g/mol. The van der Waals surface area contributed by atoms with Gasteiger partial charge in [0.1, 0.15) is 23.0 Å². The summed E-state index contributed by atoms with van der Waals surface area (Å²) in [4.78, 5) is 12.3. The van der Waals surface area contributed by atoms with Crippen molar-refractivity contribution in [2.45, 2.75) is 19.8 Å². The second-order valence-electron chi connectivity index (χ2n) is 5.53. The second kappa shape index (κ2) is 5.88. The van der Waals surface area contributed by atoms with Crippen molar-refractivity contribution in [1.82, 2.24) is 19.8 Å². The van der Waals surface area contributed by atoms with Crippen molar-refractivity contribution in [3.63, 3.8) is 0 Å². The van der Waals surface area contributed by atoms with Crippen LogP contribution in [0.4, 0.5) is 8.78 Å². The van der Waals surface area contributed by atoms with Gasteiger partial charge in [-0.2, -0.15) is 9.61 Å². The number of rotatable bonds is 4. The Kier molecular flexibility index (Phi) is 3.88. The van der Waals surface area contributed by atoms with Crippen LogP contribution in [0.5, 0.6) is 0 Å². The van der Waals surface area contributed by atoms with Crippen LogP contribution in [0, 0.1) is 17.0 Å². The van der Waals surface area contributed by atoms with Gasteiger partial charge >= 0.3 is 0 Å². The summed E-state index contributed by atoms with van der Waals surface area (Å²) in [6.07, 6.45) is 0. The number of aromatic nitrogens is 4. The molecule has 0 unspecified atom stereocenters. The van der Waals surface area contributed by atoms with E-state index in [1.54, 1.807) is 6.07 Å². The lowest BCUT2D eigenvalue weighted by Gasteiger charge is -2.06.